The molecule has 0 N–H and O–H groups in total. The molecule has 0 fully saturated rings. The smallest absolute Gasteiger partial charge is 0.224 e. The number of hydrogen-bond donors (Lipinski definition) is 0. The van der Waals surface area contributed by atoms with Gasteiger partial charge in [-0.05, 0) is 31.0 Å². The first-order valence-electron chi connectivity index (χ1n) is 7.22. The van der Waals surface area contributed by atoms with E-state index in [-0.39, 0.29) is 11.9 Å². The van der Waals surface area contributed by atoms with Gasteiger partial charge in [-0.15, -0.1) is 0 Å². The molecule has 0 unspecified atom stereocenters. The molecular formula is C18H19NO2. The molecule has 1 atom stereocenters. The predicted octanol–water partition coefficient (Wildman–Crippen LogP) is 3.35. The Hall–Kier alpha value is -2.29. The van der Waals surface area contributed by atoms with Crippen LogP contribution in [0.1, 0.15) is 18.1 Å². The molecule has 2 aromatic carbocycles. The van der Waals surface area contributed by atoms with Gasteiger partial charge < -0.3 is 9.64 Å². The van der Waals surface area contributed by atoms with Gasteiger partial charge in [-0.3, -0.25) is 4.79 Å². The number of ether oxygens (including phenoxy) is 1. The highest BCUT2D eigenvalue weighted by Gasteiger charge is 2.30. The van der Waals surface area contributed by atoms with Crippen molar-refractivity contribution in [1.82, 2.24) is 0 Å². The fourth-order valence-corrected chi connectivity index (χ4v) is 2.81. The highest BCUT2D eigenvalue weighted by Crippen LogP contribution is 2.34. The maximum atomic E-state index is 12.1. The number of nitrogens with zero attached hydrogens (tertiary/aromatic N) is 1. The Labute approximate surface area is 125 Å². The Bertz CT molecular complexity index is 649. The second kappa shape index (κ2) is 5.60. The van der Waals surface area contributed by atoms with Crippen LogP contribution in [0.3, 0.4) is 0 Å². The summed E-state index contributed by atoms with van der Waals surface area (Å²) in [7, 11) is 0. The van der Waals surface area contributed by atoms with E-state index in [1.807, 2.05) is 29.2 Å². The van der Waals surface area contributed by atoms with Crippen LogP contribution in [0.4, 0.5) is 5.69 Å². The van der Waals surface area contributed by atoms with E-state index >= 15 is 0 Å². The summed E-state index contributed by atoms with van der Waals surface area (Å²) in [4.78, 5) is 13.9. The van der Waals surface area contributed by atoms with Crippen LogP contribution >= 0.6 is 0 Å². The lowest BCUT2D eigenvalue weighted by molar-refractivity contribution is -0.117. The van der Waals surface area contributed by atoms with Gasteiger partial charge in [0.2, 0.25) is 5.91 Å². The van der Waals surface area contributed by atoms with Gasteiger partial charge in [0.15, 0.2) is 0 Å². The third-order valence-corrected chi connectivity index (χ3v) is 3.85. The third kappa shape index (κ3) is 2.77. The van der Waals surface area contributed by atoms with E-state index in [4.69, 9.17) is 4.74 Å². The molecule has 0 saturated carbocycles. The summed E-state index contributed by atoms with van der Waals surface area (Å²) in [5.74, 6) is 0.843. The van der Waals surface area contributed by atoms with Crippen LogP contribution in [-0.2, 0) is 11.2 Å². The number of anilines is 1. The molecule has 0 aromatic heterocycles. The minimum absolute atomic E-state index is 0.0418. The number of para-hydroxylation sites is 2. The Kier molecular flexibility index (Phi) is 3.65. The lowest BCUT2D eigenvalue weighted by Gasteiger charge is -2.36. The van der Waals surface area contributed by atoms with Crippen molar-refractivity contribution in [1.29, 1.82) is 0 Å². The van der Waals surface area contributed by atoms with Gasteiger partial charge >= 0.3 is 0 Å². The molecule has 1 aliphatic rings. The highest BCUT2D eigenvalue weighted by molar-refractivity contribution is 5.94. The molecule has 0 spiro atoms. The van der Waals surface area contributed by atoms with Crippen molar-refractivity contribution < 1.29 is 9.53 Å². The van der Waals surface area contributed by atoms with Crippen molar-refractivity contribution in [2.45, 2.75) is 26.3 Å². The molecule has 21 heavy (non-hydrogen) atoms. The van der Waals surface area contributed by atoms with E-state index in [9.17, 15) is 4.79 Å². The average molecular weight is 281 g/mol. The summed E-state index contributed by atoms with van der Waals surface area (Å²) in [5.41, 5.74) is 3.33. The van der Waals surface area contributed by atoms with Crippen LogP contribution in [0.15, 0.2) is 48.5 Å². The highest BCUT2D eigenvalue weighted by atomic mass is 16.5. The van der Waals surface area contributed by atoms with Gasteiger partial charge in [0.05, 0.1) is 11.7 Å². The SMILES string of the molecule is CC(=O)N1c2ccccc2OC[C@@H]1Cc1ccc(C)cc1. The summed E-state index contributed by atoms with van der Waals surface area (Å²) < 4.78 is 5.82. The Morgan fingerprint density at radius 3 is 2.62 bits per heavy atom. The molecule has 1 amide bonds. The van der Waals surface area contributed by atoms with E-state index < -0.39 is 0 Å². The number of benzene rings is 2. The zero-order chi connectivity index (χ0) is 14.8. The Morgan fingerprint density at radius 2 is 1.90 bits per heavy atom. The molecule has 1 aliphatic heterocycles. The standard InChI is InChI=1S/C18H19NO2/c1-13-7-9-15(10-8-13)11-16-12-21-18-6-4-3-5-17(18)19(16)14(2)20/h3-10,16H,11-12H2,1-2H3/t16-/m0/s1. The van der Waals surface area contributed by atoms with Gasteiger partial charge in [0.25, 0.3) is 0 Å². The minimum Gasteiger partial charge on any atom is -0.489 e. The van der Waals surface area contributed by atoms with Gasteiger partial charge in [-0.2, -0.15) is 0 Å². The normalized spacial score (nSPS) is 17.0. The molecular weight excluding hydrogens is 262 g/mol. The fourth-order valence-electron chi connectivity index (χ4n) is 2.81. The fraction of sp³-hybridized carbons (Fsp3) is 0.278. The van der Waals surface area contributed by atoms with E-state index in [2.05, 4.69) is 31.2 Å². The summed E-state index contributed by atoms with van der Waals surface area (Å²) >= 11 is 0. The van der Waals surface area contributed by atoms with Crippen LogP contribution in [0, 0.1) is 6.92 Å². The van der Waals surface area contributed by atoms with Gasteiger partial charge in [0, 0.05) is 6.92 Å². The van der Waals surface area contributed by atoms with Crippen LogP contribution in [0.25, 0.3) is 0 Å². The summed E-state index contributed by atoms with van der Waals surface area (Å²) in [6, 6.07) is 16.2. The summed E-state index contributed by atoms with van der Waals surface area (Å²) in [6.45, 7) is 4.22. The molecule has 2 aromatic rings. The minimum atomic E-state index is 0.0418. The van der Waals surface area contributed by atoms with Crippen LogP contribution in [0.2, 0.25) is 0 Å². The molecule has 3 rings (SSSR count). The van der Waals surface area contributed by atoms with E-state index in [1.54, 1.807) is 6.92 Å². The second-order valence-electron chi connectivity index (χ2n) is 5.51. The zero-order valence-electron chi connectivity index (χ0n) is 12.4. The molecule has 0 radical (unpaired) electrons. The van der Waals surface area contributed by atoms with Crippen LogP contribution in [0.5, 0.6) is 5.75 Å². The number of aryl methyl sites for hydroxylation is 1. The molecule has 3 heteroatoms. The van der Waals surface area contributed by atoms with E-state index in [0.717, 1.165) is 17.9 Å². The first-order chi connectivity index (χ1) is 10.1. The topological polar surface area (TPSA) is 29.5 Å². The van der Waals surface area contributed by atoms with Crippen molar-refractivity contribution in [2.75, 3.05) is 11.5 Å². The van der Waals surface area contributed by atoms with Crippen LogP contribution in [-0.4, -0.2) is 18.6 Å². The van der Waals surface area contributed by atoms with Gasteiger partial charge in [-0.1, -0.05) is 42.0 Å². The number of fused-ring (bicyclic) bond motifs is 1. The molecule has 0 bridgehead atoms. The number of hydrogen-bond acceptors (Lipinski definition) is 2. The first-order valence-corrected chi connectivity index (χ1v) is 7.22. The maximum Gasteiger partial charge on any atom is 0.224 e. The zero-order valence-corrected chi connectivity index (χ0v) is 12.4. The number of amides is 1. The van der Waals surface area contributed by atoms with Crippen molar-refractivity contribution in [3.63, 3.8) is 0 Å². The largest absolute Gasteiger partial charge is 0.489 e. The lowest BCUT2D eigenvalue weighted by atomic mass is 10.0. The summed E-state index contributed by atoms with van der Waals surface area (Å²) in [5, 5.41) is 0. The second-order valence-corrected chi connectivity index (χ2v) is 5.51. The Balaban J connectivity index is 1.88. The van der Waals surface area contributed by atoms with Gasteiger partial charge in [0.1, 0.15) is 12.4 Å². The lowest BCUT2D eigenvalue weighted by Crippen LogP contribution is -2.47. The van der Waals surface area contributed by atoms with Crippen molar-refractivity contribution in [3.8, 4) is 5.75 Å². The number of carbonyl (C=O) groups excluding carboxylic acids is 1. The predicted molar refractivity (Wildman–Crippen MR) is 83.8 cm³/mol. The van der Waals surface area contributed by atoms with Crippen molar-refractivity contribution in [3.05, 3.63) is 59.7 Å². The Morgan fingerprint density at radius 1 is 1.19 bits per heavy atom. The first kappa shape index (κ1) is 13.7. The van der Waals surface area contributed by atoms with Crippen molar-refractivity contribution >= 4 is 11.6 Å². The van der Waals surface area contributed by atoms with Crippen molar-refractivity contribution in [2.24, 2.45) is 0 Å². The molecule has 0 aliphatic carbocycles. The summed E-state index contributed by atoms with van der Waals surface area (Å²) in [6.07, 6.45) is 0.800. The third-order valence-electron chi connectivity index (χ3n) is 3.85. The van der Waals surface area contributed by atoms with Gasteiger partial charge in [-0.25, -0.2) is 0 Å². The maximum absolute atomic E-state index is 12.1. The van der Waals surface area contributed by atoms with E-state index in [0.29, 0.717) is 6.61 Å². The molecule has 108 valence electrons. The molecule has 3 nitrogen and oxygen atoms in total. The average Bonchev–Trinajstić information content (AvgIpc) is 2.49. The molecule has 0 saturated heterocycles. The monoisotopic (exact) mass is 281 g/mol. The van der Waals surface area contributed by atoms with Crippen LogP contribution < -0.4 is 9.64 Å². The quantitative estimate of drug-likeness (QED) is 0.845. The molecule has 1 heterocycles. The van der Waals surface area contributed by atoms with E-state index in [1.165, 1.54) is 11.1 Å². The number of carbonyl (C=O) groups is 1. The number of rotatable bonds is 2.